The molecule has 3 rings (SSSR count). The number of quaternary nitrogens is 1. The molecule has 0 saturated heterocycles. The molecule has 2 aromatic rings. The van der Waals surface area contributed by atoms with Crippen molar-refractivity contribution in [3.63, 3.8) is 0 Å². The Morgan fingerprint density at radius 3 is 2.00 bits per heavy atom. The molecule has 0 aliphatic carbocycles. The van der Waals surface area contributed by atoms with Crippen LogP contribution >= 0.6 is 0 Å². The van der Waals surface area contributed by atoms with Crippen molar-refractivity contribution in [1.29, 1.82) is 0 Å². The van der Waals surface area contributed by atoms with Gasteiger partial charge in [0.15, 0.2) is 0 Å². The molecular formula is C25H35BrN2O2. The Balaban J connectivity index is 0.00000320. The van der Waals surface area contributed by atoms with E-state index in [1.54, 1.807) is 0 Å². The number of nitrogens with zero attached hydrogens (tertiary/aromatic N) is 2. The van der Waals surface area contributed by atoms with E-state index in [1.807, 2.05) is 36.4 Å². The molecule has 4 nitrogen and oxygen atoms in total. The molecule has 0 aromatic heterocycles. The Morgan fingerprint density at radius 1 is 0.900 bits per heavy atom. The van der Waals surface area contributed by atoms with E-state index >= 15 is 0 Å². The lowest BCUT2D eigenvalue weighted by Gasteiger charge is -2.40. The van der Waals surface area contributed by atoms with Crippen LogP contribution in [-0.2, 0) is 0 Å². The number of unbranched alkanes of at least 4 members (excludes halogenated alkanes) is 3. The predicted octanol–water partition coefficient (Wildman–Crippen LogP) is 2.12. The Hall–Kier alpha value is -1.72. The van der Waals surface area contributed by atoms with Crippen LogP contribution in [0.2, 0.25) is 0 Å². The number of carbonyl (C=O) groups excluding carboxylic acids is 2. The summed E-state index contributed by atoms with van der Waals surface area (Å²) in [5.41, 5.74) is 1.11. The molecule has 30 heavy (non-hydrogen) atoms. The Bertz CT molecular complexity index is 870. The molecule has 0 bridgehead atoms. The lowest BCUT2D eigenvalue weighted by Crippen LogP contribution is -3.00. The fraction of sp³-hybridized carbons (Fsp3) is 0.520. The van der Waals surface area contributed by atoms with Gasteiger partial charge >= 0.3 is 0 Å². The van der Waals surface area contributed by atoms with Gasteiger partial charge in [0.2, 0.25) is 0 Å². The number of imide groups is 1. The molecular weight excluding hydrogens is 440 g/mol. The summed E-state index contributed by atoms with van der Waals surface area (Å²) in [6.07, 6.45) is 5.01. The highest BCUT2D eigenvalue weighted by Gasteiger charge is 2.38. The summed E-state index contributed by atoms with van der Waals surface area (Å²) in [7, 11) is 4.51. The van der Waals surface area contributed by atoms with Gasteiger partial charge in [0.05, 0.1) is 27.2 Å². The van der Waals surface area contributed by atoms with Crippen molar-refractivity contribution in [2.45, 2.75) is 46.5 Å². The summed E-state index contributed by atoms with van der Waals surface area (Å²) in [5, 5.41) is 1.75. The first-order valence-corrected chi connectivity index (χ1v) is 10.9. The number of amides is 2. The number of benzene rings is 2. The van der Waals surface area contributed by atoms with Gasteiger partial charge in [-0.3, -0.25) is 14.5 Å². The van der Waals surface area contributed by atoms with Crippen molar-refractivity contribution >= 4 is 22.6 Å². The number of hydrogen-bond donors (Lipinski definition) is 0. The number of hydrogen-bond acceptors (Lipinski definition) is 2. The molecule has 2 aromatic carbocycles. The molecule has 1 aliphatic heterocycles. The number of carbonyl (C=O) groups is 2. The SMILES string of the molecule is CCCCCC[N+](C)(C)CC(C)(C)CN1C(=O)c2cccc3cccc(c23)C1=O.[Br-]. The van der Waals surface area contributed by atoms with Crippen molar-refractivity contribution in [2.75, 3.05) is 33.7 Å². The van der Waals surface area contributed by atoms with Crippen LogP contribution in [0.15, 0.2) is 36.4 Å². The molecule has 164 valence electrons. The second kappa shape index (κ2) is 9.61. The molecule has 0 atom stereocenters. The van der Waals surface area contributed by atoms with Gasteiger partial charge in [-0.05, 0) is 30.4 Å². The van der Waals surface area contributed by atoms with E-state index in [-0.39, 0.29) is 34.2 Å². The Labute approximate surface area is 191 Å². The summed E-state index contributed by atoms with van der Waals surface area (Å²) < 4.78 is 0.902. The van der Waals surface area contributed by atoms with E-state index in [1.165, 1.54) is 30.6 Å². The van der Waals surface area contributed by atoms with Gasteiger partial charge in [-0.2, -0.15) is 0 Å². The second-order valence-electron chi connectivity index (χ2n) is 9.95. The zero-order chi connectivity index (χ0) is 21.2. The van der Waals surface area contributed by atoms with Crippen molar-refractivity contribution in [3.8, 4) is 0 Å². The zero-order valence-electron chi connectivity index (χ0n) is 19.0. The maximum atomic E-state index is 13.2. The molecule has 0 radical (unpaired) electrons. The summed E-state index contributed by atoms with van der Waals surface area (Å²) in [6, 6.07) is 11.4. The molecule has 0 N–H and O–H groups in total. The smallest absolute Gasteiger partial charge is 0.261 e. The standard InChI is InChI=1S/C25H35N2O2.BrH/c1-6-7-8-9-16-27(4,5)18-25(2,3)17-26-23(28)20-14-10-12-19-13-11-15-21(22(19)20)24(26)29;/h10-15H,6-9,16-18H2,1-5H3;1H/q+1;/p-1. The first kappa shape index (κ1) is 24.5. The third-order valence-corrected chi connectivity index (χ3v) is 5.92. The average molecular weight is 475 g/mol. The van der Waals surface area contributed by atoms with Crippen molar-refractivity contribution in [2.24, 2.45) is 5.41 Å². The van der Waals surface area contributed by atoms with E-state index in [0.717, 1.165) is 28.3 Å². The largest absolute Gasteiger partial charge is 1.00 e. The summed E-state index contributed by atoms with van der Waals surface area (Å²) >= 11 is 0. The van der Waals surface area contributed by atoms with Crippen LogP contribution < -0.4 is 17.0 Å². The number of halogens is 1. The van der Waals surface area contributed by atoms with Crippen molar-refractivity contribution in [1.82, 2.24) is 4.90 Å². The van der Waals surface area contributed by atoms with Crippen molar-refractivity contribution in [3.05, 3.63) is 47.5 Å². The van der Waals surface area contributed by atoms with Gasteiger partial charge in [0, 0.05) is 28.5 Å². The molecule has 5 heteroatoms. The monoisotopic (exact) mass is 474 g/mol. The molecule has 1 heterocycles. The lowest BCUT2D eigenvalue weighted by molar-refractivity contribution is -0.896. The highest BCUT2D eigenvalue weighted by Crippen LogP contribution is 2.32. The van der Waals surface area contributed by atoms with E-state index in [4.69, 9.17) is 0 Å². The van der Waals surface area contributed by atoms with E-state index in [9.17, 15) is 9.59 Å². The van der Waals surface area contributed by atoms with Crippen LogP contribution in [-0.4, -0.2) is 54.9 Å². The van der Waals surface area contributed by atoms with Gasteiger partial charge < -0.3 is 21.5 Å². The molecule has 0 spiro atoms. The first-order chi connectivity index (χ1) is 13.7. The van der Waals surface area contributed by atoms with Crippen LogP contribution in [0, 0.1) is 5.41 Å². The average Bonchev–Trinajstić information content (AvgIpc) is 2.65. The predicted molar refractivity (Wildman–Crippen MR) is 119 cm³/mol. The fourth-order valence-corrected chi connectivity index (χ4v) is 4.91. The second-order valence-corrected chi connectivity index (χ2v) is 9.95. The normalized spacial score (nSPS) is 14.2. The third kappa shape index (κ3) is 5.30. The minimum atomic E-state index is -0.167. The van der Waals surface area contributed by atoms with E-state index in [0.29, 0.717) is 17.7 Å². The lowest BCUT2D eigenvalue weighted by atomic mass is 9.88. The highest BCUT2D eigenvalue weighted by atomic mass is 79.9. The highest BCUT2D eigenvalue weighted by molar-refractivity contribution is 6.25. The minimum absolute atomic E-state index is 0. The third-order valence-electron chi connectivity index (χ3n) is 5.92. The van der Waals surface area contributed by atoms with Gasteiger partial charge in [0.25, 0.3) is 11.8 Å². The quantitative estimate of drug-likeness (QED) is 0.317. The first-order valence-electron chi connectivity index (χ1n) is 10.9. The van der Waals surface area contributed by atoms with Crippen molar-refractivity contribution < 1.29 is 31.1 Å². The van der Waals surface area contributed by atoms with Gasteiger partial charge in [-0.1, -0.05) is 57.9 Å². The molecule has 0 saturated carbocycles. The maximum Gasteiger partial charge on any atom is 0.261 e. The van der Waals surface area contributed by atoms with Crippen LogP contribution in [0.3, 0.4) is 0 Å². The van der Waals surface area contributed by atoms with E-state index < -0.39 is 0 Å². The summed E-state index contributed by atoms with van der Waals surface area (Å²) in [5.74, 6) is -0.332. The van der Waals surface area contributed by atoms with E-state index in [2.05, 4.69) is 34.9 Å². The van der Waals surface area contributed by atoms with Crippen LogP contribution in [0.5, 0.6) is 0 Å². The zero-order valence-corrected chi connectivity index (χ0v) is 20.6. The minimum Gasteiger partial charge on any atom is -1.00 e. The van der Waals surface area contributed by atoms with Gasteiger partial charge in [-0.15, -0.1) is 0 Å². The Morgan fingerprint density at radius 2 is 1.47 bits per heavy atom. The molecule has 1 aliphatic rings. The van der Waals surface area contributed by atoms with Gasteiger partial charge in [0.1, 0.15) is 0 Å². The molecule has 2 amide bonds. The molecule has 0 fully saturated rings. The summed E-state index contributed by atoms with van der Waals surface area (Å²) in [6.45, 7) is 9.04. The topological polar surface area (TPSA) is 37.4 Å². The number of rotatable bonds is 9. The Kier molecular flexibility index (Phi) is 7.86. The molecule has 0 unspecified atom stereocenters. The van der Waals surface area contributed by atoms with Crippen LogP contribution in [0.25, 0.3) is 10.8 Å². The van der Waals surface area contributed by atoms with Crippen LogP contribution in [0.1, 0.15) is 67.2 Å². The maximum absolute atomic E-state index is 13.2. The van der Waals surface area contributed by atoms with Crippen LogP contribution in [0.4, 0.5) is 0 Å². The fourth-order valence-electron chi connectivity index (χ4n) is 4.91. The summed E-state index contributed by atoms with van der Waals surface area (Å²) in [4.78, 5) is 27.9. The van der Waals surface area contributed by atoms with Gasteiger partial charge in [-0.25, -0.2) is 0 Å².